The molecular weight excluding hydrogens is 150 g/mol. The molecule has 0 saturated heterocycles. The van der Waals surface area contributed by atoms with Gasteiger partial charge in [0.1, 0.15) is 0 Å². The van der Waals surface area contributed by atoms with E-state index in [1.54, 1.807) is 0 Å². The Morgan fingerprint density at radius 1 is 1.25 bits per heavy atom. The van der Waals surface area contributed by atoms with E-state index >= 15 is 0 Å². The van der Waals surface area contributed by atoms with Gasteiger partial charge in [-0.2, -0.15) is 0 Å². The average Bonchev–Trinajstić information content (AvgIpc) is 2.47. The number of allylic oxidation sites excluding steroid dienone is 1. The van der Waals surface area contributed by atoms with Crippen LogP contribution in [0.3, 0.4) is 0 Å². The van der Waals surface area contributed by atoms with Crippen LogP contribution < -0.4 is 5.48 Å². The standard InChI is InChI=1S/C10H11NO/c1-7(2)10-8-5-3-4-6-9(8)11-12-10/h3-6,11H,1-2H3. The minimum absolute atomic E-state index is 0.950. The first-order chi connectivity index (χ1) is 5.79. The van der Waals surface area contributed by atoms with E-state index in [2.05, 4.69) is 11.5 Å². The third-order valence-corrected chi connectivity index (χ3v) is 1.89. The molecule has 0 amide bonds. The Morgan fingerprint density at radius 2 is 2.00 bits per heavy atom. The highest BCUT2D eigenvalue weighted by molar-refractivity contribution is 5.77. The molecule has 12 heavy (non-hydrogen) atoms. The molecule has 0 bridgehead atoms. The molecule has 1 aliphatic heterocycles. The highest BCUT2D eigenvalue weighted by atomic mass is 16.7. The van der Waals surface area contributed by atoms with Gasteiger partial charge in [0.25, 0.3) is 0 Å². The lowest BCUT2D eigenvalue weighted by atomic mass is 10.1. The molecule has 1 aliphatic rings. The van der Waals surface area contributed by atoms with Crippen LogP contribution in [0.1, 0.15) is 19.4 Å². The molecule has 0 aliphatic carbocycles. The summed E-state index contributed by atoms with van der Waals surface area (Å²) in [6, 6.07) is 8.06. The fourth-order valence-corrected chi connectivity index (χ4v) is 1.30. The summed E-state index contributed by atoms with van der Waals surface area (Å²) in [6.45, 7) is 4.08. The Morgan fingerprint density at radius 3 is 2.75 bits per heavy atom. The maximum Gasteiger partial charge on any atom is 0.163 e. The Hall–Kier alpha value is -1.44. The molecule has 1 aromatic carbocycles. The Bertz CT molecular complexity index is 337. The molecule has 1 heterocycles. The van der Waals surface area contributed by atoms with Crippen LogP contribution >= 0.6 is 0 Å². The lowest BCUT2D eigenvalue weighted by molar-refractivity contribution is 0.375. The number of fused-ring (bicyclic) bond motifs is 1. The number of hydrogen-bond donors (Lipinski definition) is 1. The number of para-hydroxylation sites is 1. The van der Waals surface area contributed by atoms with E-state index in [4.69, 9.17) is 4.84 Å². The van der Waals surface area contributed by atoms with Crippen molar-refractivity contribution < 1.29 is 4.84 Å². The normalized spacial score (nSPS) is 13.3. The highest BCUT2D eigenvalue weighted by Crippen LogP contribution is 2.32. The van der Waals surface area contributed by atoms with Crippen molar-refractivity contribution in [1.29, 1.82) is 0 Å². The van der Waals surface area contributed by atoms with Crippen molar-refractivity contribution in [3.05, 3.63) is 35.4 Å². The van der Waals surface area contributed by atoms with Gasteiger partial charge in [-0.15, -0.1) is 0 Å². The summed E-state index contributed by atoms with van der Waals surface area (Å²) in [6.07, 6.45) is 0. The van der Waals surface area contributed by atoms with Crippen LogP contribution in [0.5, 0.6) is 0 Å². The van der Waals surface area contributed by atoms with Crippen LogP contribution in [0.15, 0.2) is 29.8 Å². The number of nitrogens with one attached hydrogen (secondary N) is 1. The van der Waals surface area contributed by atoms with Gasteiger partial charge in [0.2, 0.25) is 0 Å². The molecule has 0 fully saturated rings. The first-order valence-corrected chi connectivity index (χ1v) is 3.99. The first kappa shape index (κ1) is 7.22. The van der Waals surface area contributed by atoms with Gasteiger partial charge in [-0.05, 0) is 31.6 Å². The monoisotopic (exact) mass is 161 g/mol. The van der Waals surface area contributed by atoms with Crippen molar-refractivity contribution in [3.8, 4) is 0 Å². The lowest BCUT2D eigenvalue weighted by Gasteiger charge is -1.98. The predicted octanol–water partition coefficient (Wildman–Crippen LogP) is 2.79. The third-order valence-electron chi connectivity index (χ3n) is 1.89. The number of hydrogen-bond acceptors (Lipinski definition) is 2. The molecule has 0 aromatic heterocycles. The summed E-state index contributed by atoms with van der Waals surface area (Å²) in [4.78, 5) is 5.31. The van der Waals surface area contributed by atoms with Crippen molar-refractivity contribution in [3.63, 3.8) is 0 Å². The second-order valence-electron chi connectivity index (χ2n) is 3.08. The molecule has 62 valence electrons. The third kappa shape index (κ3) is 0.961. The molecule has 0 unspecified atom stereocenters. The average molecular weight is 161 g/mol. The Labute approximate surface area is 71.8 Å². The van der Waals surface area contributed by atoms with Gasteiger partial charge in [0.05, 0.1) is 5.69 Å². The van der Waals surface area contributed by atoms with Crippen LogP contribution in [-0.4, -0.2) is 0 Å². The summed E-state index contributed by atoms with van der Waals surface area (Å²) >= 11 is 0. The minimum Gasteiger partial charge on any atom is -0.382 e. The lowest BCUT2D eigenvalue weighted by Crippen LogP contribution is -1.88. The van der Waals surface area contributed by atoms with Crippen LogP contribution in [0.2, 0.25) is 0 Å². The van der Waals surface area contributed by atoms with E-state index in [1.807, 2.05) is 32.0 Å². The van der Waals surface area contributed by atoms with E-state index < -0.39 is 0 Å². The quantitative estimate of drug-likeness (QED) is 0.631. The van der Waals surface area contributed by atoms with Crippen molar-refractivity contribution in [2.24, 2.45) is 0 Å². The Kier molecular flexibility index (Phi) is 1.54. The first-order valence-electron chi connectivity index (χ1n) is 3.99. The Balaban J connectivity index is 2.57. The minimum atomic E-state index is 0.950. The second kappa shape index (κ2) is 2.55. The van der Waals surface area contributed by atoms with Crippen LogP contribution in [0, 0.1) is 0 Å². The van der Waals surface area contributed by atoms with Gasteiger partial charge in [0, 0.05) is 5.56 Å². The van der Waals surface area contributed by atoms with Crippen LogP contribution in [0.4, 0.5) is 5.69 Å². The molecule has 1 N–H and O–H groups in total. The van der Waals surface area contributed by atoms with Crippen molar-refractivity contribution >= 4 is 11.4 Å². The van der Waals surface area contributed by atoms with Crippen molar-refractivity contribution in [2.45, 2.75) is 13.8 Å². The maximum atomic E-state index is 5.31. The van der Waals surface area contributed by atoms with E-state index in [-0.39, 0.29) is 0 Å². The maximum absolute atomic E-state index is 5.31. The molecule has 0 spiro atoms. The van der Waals surface area contributed by atoms with E-state index in [9.17, 15) is 0 Å². The number of rotatable bonds is 0. The van der Waals surface area contributed by atoms with Crippen molar-refractivity contribution in [2.75, 3.05) is 5.48 Å². The summed E-state index contributed by atoms with van der Waals surface area (Å²) in [5.41, 5.74) is 6.26. The predicted molar refractivity (Wildman–Crippen MR) is 49.4 cm³/mol. The SMILES string of the molecule is CC(C)=C1ONc2ccccc21. The summed E-state index contributed by atoms with van der Waals surface area (Å²) in [5.74, 6) is 0.950. The smallest absolute Gasteiger partial charge is 0.163 e. The zero-order valence-electron chi connectivity index (χ0n) is 7.22. The summed E-state index contributed by atoms with van der Waals surface area (Å²) < 4.78 is 0. The van der Waals surface area contributed by atoms with Gasteiger partial charge in [-0.1, -0.05) is 12.1 Å². The van der Waals surface area contributed by atoms with Gasteiger partial charge < -0.3 is 4.84 Å². The molecule has 1 aromatic rings. The second-order valence-corrected chi connectivity index (χ2v) is 3.08. The van der Waals surface area contributed by atoms with Crippen LogP contribution in [-0.2, 0) is 4.84 Å². The molecule has 0 atom stereocenters. The van der Waals surface area contributed by atoms with E-state index in [0.717, 1.165) is 17.0 Å². The van der Waals surface area contributed by atoms with Crippen molar-refractivity contribution in [1.82, 2.24) is 0 Å². The molecule has 2 rings (SSSR count). The zero-order valence-corrected chi connectivity index (χ0v) is 7.22. The van der Waals surface area contributed by atoms with Gasteiger partial charge in [-0.25, -0.2) is 5.48 Å². The van der Waals surface area contributed by atoms with E-state index in [1.165, 1.54) is 5.57 Å². The molecule has 0 radical (unpaired) electrons. The molecule has 0 saturated carbocycles. The summed E-state index contributed by atoms with van der Waals surface area (Å²) in [5, 5.41) is 0. The fraction of sp³-hybridized carbons (Fsp3) is 0.200. The van der Waals surface area contributed by atoms with Crippen LogP contribution in [0.25, 0.3) is 5.76 Å². The van der Waals surface area contributed by atoms with Gasteiger partial charge >= 0.3 is 0 Å². The summed E-state index contributed by atoms with van der Waals surface area (Å²) in [7, 11) is 0. The van der Waals surface area contributed by atoms with E-state index in [0.29, 0.717) is 0 Å². The zero-order chi connectivity index (χ0) is 8.55. The van der Waals surface area contributed by atoms with Gasteiger partial charge in [-0.3, -0.25) is 0 Å². The number of benzene rings is 1. The topological polar surface area (TPSA) is 21.3 Å². The van der Waals surface area contributed by atoms with Gasteiger partial charge in [0.15, 0.2) is 5.76 Å². The molecular formula is C10H11NO. The molecule has 2 heteroatoms. The fourth-order valence-electron chi connectivity index (χ4n) is 1.30. The largest absolute Gasteiger partial charge is 0.382 e. The molecule has 2 nitrogen and oxygen atoms in total. The number of anilines is 1. The highest BCUT2D eigenvalue weighted by Gasteiger charge is 2.17.